The number of nitrogens with one attached hydrogen (secondary N) is 1. The maximum absolute atomic E-state index is 11.7. The van der Waals surface area contributed by atoms with Crippen LogP contribution in [0.2, 0.25) is 0 Å². The van der Waals surface area contributed by atoms with Crippen LogP contribution in [0.4, 0.5) is 4.79 Å². The van der Waals surface area contributed by atoms with Crippen LogP contribution in [0.1, 0.15) is 5.69 Å². The predicted octanol–water partition coefficient (Wildman–Crippen LogP) is -0.837. The van der Waals surface area contributed by atoms with Crippen LogP contribution in [0, 0.1) is 0 Å². The van der Waals surface area contributed by atoms with E-state index in [4.69, 9.17) is 10.8 Å². The number of nitrogens with two attached hydrogens (primary N) is 1. The second-order valence-electron chi connectivity index (χ2n) is 3.70. The molecule has 3 amide bonds. The summed E-state index contributed by atoms with van der Waals surface area (Å²) in [5.41, 5.74) is 5.56. The van der Waals surface area contributed by atoms with Crippen molar-refractivity contribution in [3.63, 3.8) is 0 Å². The van der Waals surface area contributed by atoms with E-state index in [2.05, 4.69) is 10.3 Å². The van der Waals surface area contributed by atoms with Gasteiger partial charge in [0.1, 0.15) is 13.1 Å². The van der Waals surface area contributed by atoms with Crippen molar-refractivity contribution in [3.8, 4) is 0 Å². The normalized spacial score (nSPS) is 9.68. The number of aromatic nitrogens is 1. The zero-order chi connectivity index (χ0) is 14.3. The van der Waals surface area contributed by atoms with Crippen molar-refractivity contribution in [1.82, 2.24) is 15.2 Å². The van der Waals surface area contributed by atoms with E-state index in [1.54, 1.807) is 24.4 Å². The van der Waals surface area contributed by atoms with Gasteiger partial charge in [-0.3, -0.25) is 14.6 Å². The largest absolute Gasteiger partial charge is 0.480 e. The van der Waals surface area contributed by atoms with E-state index in [0.29, 0.717) is 5.69 Å². The monoisotopic (exact) mass is 266 g/mol. The zero-order valence-electron chi connectivity index (χ0n) is 10.1. The molecule has 0 saturated carbocycles. The van der Waals surface area contributed by atoms with Crippen LogP contribution < -0.4 is 11.1 Å². The number of urea groups is 1. The SMILES string of the molecule is NC(=O)CN(CC(=O)O)C(=O)NCc1ccccn1. The van der Waals surface area contributed by atoms with Gasteiger partial charge in [-0.25, -0.2) is 4.79 Å². The summed E-state index contributed by atoms with van der Waals surface area (Å²) in [4.78, 5) is 37.9. The molecule has 0 bridgehead atoms. The van der Waals surface area contributed by atoms with Gasteiger partial charge in [0.05, 0.1) is 12.2 Å². The van der Waals surface area contributed by atoms with Crippen molar-refractivity contribution in [2.24, 2.45) is 5.73 Å². The molecule has 4 N–H and O–H groups in total. The number of hydrogen-bond acceptors (Lipinski definition) is 4. The topological polar surface area (TPSA) is 126 Å². The highest BCUT2D eigenvalue weighted by Gasteiger charge is 2.18. The van der Waals surface area contributed by atoms with Gasteiger partial charge in [0.15, 0.2) is 0 Å². The minimum absolute atomic E-state index is 0.133. The quantitative estimate of drug-likeness (QED) is 0.619. The number of carboxylic acid groups (broad SMARTS) is 1. The summed E-state index contributed by atoms with van der Waals surface area (Å²) >= 11 is 0. The lowest BCUT2D eigenvalue weighted by atomic mass is 10.3. The van der Waals surface area contributed by atoms with E-state index in [1.807, 2.05) is 0 Å². The maximum Gasteiger partial charge on any atom is 0.323 e. The molecular formula is C11H14N4O4. The fraction of sp³-hybridized carbons (Fsp3) is 0.273. The number of aliphatic carboxylic acids is 1. The first kappa shape index (κ1) is 14.4. The second kappa shape index (κ2) is 6.94. The van der Waals surface area contributed by atoms with Crippen LogP contribution in [0.15, 0.2) is 24.4 Å². The lowest BCUT2D eigenvalue weighted by Crippen LogP contribution is -2.46. The molecule has 0 aromatic carbocycles. The van der Waals surface area contributed by atoms with E-state index < -0.39 is 31.0 Å². The molecule has 0 atom stereocenters. The standard InChI is InChI=1S/C11H14N4O4/c12-9(16)6-15(7-10(17)18)11(19)14-5-8-3-1-2-4-13-8/h1-4H,5-7H2,(H2,12,16)(H,14,19)(H,17,18). The van der Waals surface area contributed by atoms with Crippen molar-refractivity contribution in [2.75, 3.05) is 13.1 Å². The number of carbonyl (C=O) groups excluding carboxylic acids is 2. The maximum atomic E-state index is 11.7. The molecule has 1 heterocycles. The van der Waals surface area contributed by atoms with Gasteiger partial charge in [-0.15, -0.1) is 0 Å². The minimum Gasteiger partial charge on any atom is -0.480 e. The Balaban J connectivity index is 2.56. The molecule has 19 heavy (non-hydrogen) atoms. The van der Waals surface area contributed by atoms with Gasteiger partial charge >= 0.3 is 12.0 Å². The molecule has 0 fully saturated rings. The average Bonchev–Trinajstić information content (AvgIpc) is 2.35. The van der Waals surface area contributed by atoms with Crippen molar-refractivity contribution in [3.05, 3.63) is 30.1 Å². The number of carbonyl (C=O) groups is 3. The molecule has 0 aliphatic heterocycles. The Morgan fingerprint density at radius 1 is 1.32 bits per heavy atom. The molecule has 0 aliphatic carbocycles. The number of nitrogens with zero attached hydrogens (tertiary/aromatic N) is 2. The van der Waals surface area contributed by atoms with Crippen LogP contribution in [-0.2, 0) is 16.1 Å². The van der Waals surface area contributed by atoms with Crippen LogP contribution >= 0.6 is 0 Å². The van der Waals surface area contributed by atoms with E-state index in [-0.39, 0.29) is 6.54 Å². The molecular weight excluding hydrogens is 252 g/mol. The number of carboxylic acids is 1. The van der Waals surface area contributed by atoms with Crippen molar-refractivity contribution in [1.29, 1.82) is 0 Å². The Labute approximate surface area is 109 Å². The van der Waals surface area contributed by atoms with Crippen LogP contribution in [0.3, 0.4) is 0 Å². The summed E-state index contributed by atoms with van der Waals surface area (Å²) in [5.74, 6) is -2.01. The summed E-state index contributed by atoms with van der Waals surface area (Å²) in [7, 11) is 0. The molecule has 0 aliphatic rings. The smallest absolute Gasteiger partial charge is 0.323 e. The predicted molar refractivity (Wildman–Crippen MR) is 64.9 cm³/mol. The first-order valence-corrected chi connectivity index (χ1v) is 5.42. The van der Waals surface area contributed by atoms with E-state index in [1.165, 1.54) is 0 Å². The summed E-state index contributed by atoms with van der Waals surface area (Å²) in [6, 6.07) is 4.50. The van der Waals surface area contributed by atoms with Gasteiger partial charge < -0.3 is 21.1 Å². The number of hydrogen-bond donors (Lipinski definition) is 3. The third-order valence-electron chi connectivity index (χ3n) is 2.11. The fourth-order valence-electron chi connectivity index (χ4n) is 1.33. The number of primary amides is 1. The molecule has 8 heteroatoms. The zero-order valence-corrected chi connectivity index (χ0v) is 10.1. The van der Waals surface area contributed by atoms with Crippen LogP contribution in [0.25, 0.3) is 0 Å². The van der Waals surface area contributed by atoms with E-state index >= 15 is 0 Å². The summed E-state index contributed by atoms with van der Waals surface area (Å²) in [6.07, 6.45) is 1.57. The highest BCUT2D eigenvalue weighted by atomic mass is 16.4. The summed E-state index contributed by atoms with van der Waals surface area (Å²) < 4.78 is 0. The molecule has 0 radical (unpaired) electrons. The average molecular weight is 266 g/mol. The van der Waals surface area contributed by atoms with Gasteiger partial charge in [0.2, 0.25) is 5.91 Å². The molecule has 1 aromatic rings. The fourth-order valence-corrected chi connectivity index (χ4v) is 1.33. The molecule has 1 aromatic heterocycles. The third-order valence-corrected chi connectivity index (χ3v) is 2.11. The highest BCUT2D eigenvalue weighted by Crippen LogP contribution is 1.95. The van der Waals surface area contributed by atoms with Gasteiger partial charge in [-0.1, -0.05) is 6.07 Å². The van der Waals surface area contributed by atoms with Gasteiger partial charge in [-0.05, 0) is 12.1 Å². The Bertz CT molecular complexity index is 447. The Hall–Kier alpha value is -2.64. The van der Waals surface area contributed by atoms with E-state index in [0.717, 1.165) is 4.90 Å². The van der Waals surface area contributed by atoms with Crippen LogP contribution in [-0.4, -0.2) is 46.0 Å². The Morgan fingerprint density at radius 3 is 2.58 bits per heavy atom. The van der Waals surface area contributed by atoms with Crippen molar-refractivity contribution < 1.29 is 19.5 Å². The summed E-state index contributed by atoms with van der Waals surface area (Å²) in [6.45, 7) is -0.925. The van der Waals surface area contributed by atoms with Crippen molar-refractivity contribution >= 4 is 17.9 Å². The minimum atomic E-state index is -1.23. The van der Waals surface area contributed by atoms with Gasteiger partial charge in [0, 0.05) is 6.20 Å². The number of rotatable bonds is 6. The number of amides is 3. The molecule has 1 rings (SSSR count). The summed E-state index contributed by atoms with van der Waals surface area (Å²) in [5, 5.41) is 11.1. The second-order valence-corrected chi connectivity index (χ2v) is 3.70. The number of pyridine rings is 1. The third kappa shape index (κ3) is 5.48. The first-order chi connectivity index (χ1) is 8.99. The molecule has 102 valence electrons. The first-order valence-electron chi connectivity index (χ1n) is 5.42. The lowest BCUT2D eigenvalue weighted by Gasteiger charge is -2.19. The molecule has 0 spiro atoms. The lowest BCUT2D eigenvalue weighted by molar-refractivity contribution is -0.137. The van der Waals surface area contributed by atoms with Crippen molar-refractivity contribution in [2.45, 2.75) is 6.54 Å². The molecule has 8 nitrogen and oxygen atoms in total. The molecule has 0 saturated heterocycles. The Kier molecular flexibility index (Phi) is 5.27. The van der Waals surface area contributed by atoms with Gasteiger partial charge in [-0.2, -0.15) is 0 Å². The van der Waals surface area contributed by atoms with Gasteiger partial charge in [0.25, 0.3) is 0 Å². The van der Waals surface area contributed by atoms with E-state index in [9.17, 15) is 14.4 Å². The molecule has 0 unspecified atom stereocenters. The highest BCUT2D eigenvalue weighted by molar-refractivity contribution is 5.85. The Morgan fingerprint density at radius 2 is 2.05 bits per heavy atom. The van der Waals surface area contributed by atoms with Crippen LogP contribution in [0.5, 0.6) is 0 Å².